The van der Waals surface area contributed by atoms with Crippen LogP contribution < -0.4 is 5.32 Å². The first kappa shape index (κ1) is 27.7. The lowest BCUT2D eigenvalue weighted by atomic mass is 9.93. The van der Waals surface area contributed by atoms with E-state index in [1.165, 1.54) is 17.0 Å². The van der Waals surface area contributed by atoms with Crippen molar-refractivity contribution in [3.05, 3.63) is 107 Å². The number of nitrogens with zero attached hydrogens (tertiary/aromatic N) is 1. The molecule has 0 radical (unpaired) electrons. The number of amides is 2. The van der Waals surface area contributed by atoms with Crippen LogP contribution in [0.3, 0.4) is 0 Å². The molecule has 0 saturated heterocycles. The van der Waals surface area contributed by atoms with Crippen molar-refractivity contribution in [3.63, 3.8) is 0 Å². The second-order valence-corrected chi connectivity index (χ2v) is 9.14. The molecular formula is C29H27F3N2O5. The Kier molecular flexibility index (Phi) is 8.53. The summed E-state index contributed by atoms with van der Waals surface area (Å²) >= 11 is 0. The lowest BCUT2D eigenvalue weighted by molar-refractivity contribution is -0.145. The van der Waals surface area contributed by atoms with E-state index in [-0.39, 0.29) is 26.0 Å². The number of halogens is 3. The van der Waals surface area contributed by atoms with Gasteiger partial charge in [-0.3, -0.25) is 9.69 Å². The Labute approximate surface area is 223 Å². The third-order valence-corrected chi connectivity index (χ3v) is 6.51. The maximum absolute atomic E-state index is 13.5. The number of ether oxygens (including phenoxy) is 2. The lowest BCUT2D eigenvalue weighted by Crippen LogP contribution is -2.56. The van der Waals surface area contributed by atoms with Crippen LogP contribution in [0, 0.1) is 0 Å². The standard InChI is InChI=1S/C29H27F3N2O5/c1-38-27(36)24(15-19-11-13-23(14-12-19)29(30,31)32)33-26(35)25-16-21-9-5-6-10-22(21)17-34(25)28(37)39-18-20-7-3-2-4-8-20/h2-14,24-25H,15-18H2,1H3,(H,33,35)/t24-,25-/m0/s1. The Morgan fingerprint density at radius 2 is 1.56 bits per heavy atom. The van der Waals surface area contributed by atoms with Crippen LogP contribution in [0.15, 0.2) is 78.9 Å². The van der Waals surface area contributed by atoms with Gasteiger partial charge in [-0.25, -0.2) is 9.59 Å². The topological polar surface area (TPSA) is 84.9 Å². The van der Waals surface area contributed by atoms with Crippen molar-refractivity contribution in [3.8, 4) is 0 Å². The Hall–Kier alpha value is -4.34. The minimum Gasteiger partial charge on any atom is -0.467 e. The molecule has 0 aliphatic carbocycles. The lowest BCUT2D eigenvalue weighted by Gasteiger charge is -2.35. The van der Waals surface area contributed by atoms with Crippen LogP contribution in [0.2, 0.25) is 0 Å². The number of carbonyl (C=O) groups is 3. The van der Waals surface area contributed by atoms with Crippen molar-refractivity contribution in [2.24, 2.45) is 0 Å². The first-order chi connectivity index (χ1) is 18.7. The normalized spacial score (nSPS) is 15.6. The summed E-state index contributed by atoms with van der Waals surface area (Å²) < 4.78 is 49.1. The van der Waals surface area contributed by atoms with Crippen molar-refractivity contribution in [1.29, 1.82) is 0 Å². The minimum atomic E-state index is -4.50. The van der Waals surface area contributed by atoms with Crippen molar-refractivity contribution in [1.82, 2.24) is 10.2 Å². The summed E-state index contributed by atoms with van der Waals surface area (Å²) in [5.41, 5.74) is 2.10. The molecule has 1 aliphatic heterocycles. The zero-order chi connectivity index (χ0) is 28.0. The minimum absolute atomic E-state index is 0.0187. The van der Waals surface area contributed by atoms with Gasteiger partial charge < -0.3 is 14.8 Å². The van der Waals surface area contributed by atoms with Gasteiger partial charge in [0.1, 0.15) is 18.7 Å². The van der Waals surface area contributed by atoms with Crippen molar-refractivity contribution >= 4 is 18.0 Å². The smallest absolute Gasteiger partial charge is 0.416 e. The van der Waals surface area contributed by atoms with Gasteiger partial charge >= 0.3 is 18.2 Å². The van der Waals surface area contributed by atoms with Crippen molar-refractivity contribution in [2.45, 2.75) is 44.3 Å². The SMILES string of the molecule is COC(=O)[C@H](Cc1ccc(C(F)(F)F)cc1)NC(=O)[C@@H]1Cc2ccccc2CN1C(=O)OCc1ccccc1. The summed E-state index contributed by atoms with van der Waals surface area (Å²) in [5.74, 6) is -1.37. The summed E-state index contributed by atoms with van der Waals surface area (Å²) in [5, 5.41) is 2.64. The van der Waals surface area contributed by atoms with E-state index in [1.807, 2.05) is 54.6 Å². The average molecular weight is 541 g/mol. The maximum Gasteiger partial charge on any atom is 0.416 e. The zero-order valence-corrected chi connectivity index (χ0v) is 21.1. The molecule has 39 heavy (non-hydrogen) atoms. The number of benzene rings is 3. The fourth-order valence-electron chi connectivity index (χ4n) is 4.42. The predicted molar refractivity (Wildman–Crippen MR) is 135 cm³/mol. The van der Waals surface area contributed by atoms with Gasteiger partial charge in [0, 0.05) is 12.8 Å². The third kappa shape index (κ3) is 6.95. The molecule has 2 amide bonds. The van der Waals surface area contributed by atoms with Gasteiger partial charge in [-0.1, -0.05) is 66.7 Å². The summed E-state index contributed by atoms with van der Waals surface area (Å²) in [7, 11) is 1.15. The molecule has 0 bridgehead atoms. The van der Waals surface area contributed by atoms with E-state index in [0.29, 0.717) is 5.56 Å². The van der Waals surface area contributed by atoms with E-state index in [1.54, 1.807) is 0 Å². The van der Waals surface area contributed by atoms with Gasteiger partial charge in [0.05, 0.1) is 19.2 Å². The third-order valence-electron chi connectivity index (χ3n) is 6.51. The monoisotopic (exact) mass is 540 g/mol. The van der Waals surface area contributed by atoms with E-state index in [2.05, 4.69) is 5.32 Å². The Morgan fingerprint density at radius 1 is 0.923 bits per heavy atom. The zero-order valence-electron chi connectivity index (χ0n) is 21.1. The van der Waals surface area contributed by atoms with Crippen LogP contribution in [0.25, 0.3) is 0 Å². The van der Waals surface area contributed by atoms with E-state index in [0.717, 1.165) is 35.9 Å². The van der Waals surface area contributed by atoms with Gasteiger partial charge in [0.15, 0.2) is 0 Å². The molecule has 0 saturated carbocycles. The molecule has 3 aromatic carbocycles. The van der Waals surface area contributed by atoms with Crippen LogP contribution in [0.1, 0.15) is 27.8 Å². The van der Waals surface area contributed by atoms with Crippen LogP contribution in [-0.2, 0) is 51.2 Å². The molecular weight excluding hydrogens is 513 g/mol. The van der Waals surface area contributed by atoms with Crippen LogP contribution in [0.5, 0.6) is 0 Å². The first-order valence-corrected chi connectivity index (χ1v) is 12.2. The average Bonchev–Trinajstić information content (AvgIpc) is 2.94. The molecule has 0 unspecified atom stereocenters. The molecule has 1 aliphatic rings. The number of fused-ring (bicyclic) bond motifs is 1. The Bertz CT molecular complexity index is 1310. The van der Waals surface area contributed by atoms with Gasteiger partial charge in [0.25, 0.3) is 0 Å². The number of hydrogen-bond acceptors (Lipinski definition) is 5. The highest BCUT2D eigenvalue weighted by molar-refractivity contribution is 5.90. The highest BCUT2D eigenvalue weighted by Gasteiger charge is 2.37. The number of alkyl halides is 3. The number of nitrogens with one attached hydrogen (secondary N) is 1. The van der Waals surface area contributed by atoms with Crippen LogP contribution in [-0.4, -0.2) is 42.1 Å². The summed E-state index contributed by atoms with van der Waals surface area (Å²) in [6.45, 7) is 0.147. The predicted octanol–water partition coefficient (Wildman–Crippen LogP) is 4.67. The van der Waals surface area contributed by atoms with Crippen molar-refractivity contribution in [2.75, 3.05) is 7.11 Å². The fraction of sp³-hybridized carbons (Fsp3) is 0.276. The molecule has 4 rings (SSSR count). The highest BCUT2D eigenvalue weighted by atomic mass is 19.4. The van der Waals surface area contributed by atoms with Crippen LogP contribution >= 0.6 is 0 Å². The molecule has 2 atom stereocenters. The maximum atomic E-state index is 13.5. The van der Waals surface area contributed by atoms with E-state index in [4.69, 9.17) is 9.47 Å². The van der Waals surface area contributed by atoms with Gasteiger partial charge in [-0.15, -0.1) is 0 Å². The highest BCUT2D eigenvalue weighted by Crippen LogP contribution is 2.29. The second kappa shape index (κ2) is 12.0. The molecule has 3 aromatic rings. The molecule has 0 aromatic heterocycles. The number of carbonyl (C=O) groups excluding carboxylic acids is 3. The molecule has 0 fully saturated rings. The van der Waals surface area contributed by atoms with Gasteiger partial charge in [-0.05, 0) is 34.4 Å². The van der Waals surface area contributed by atoms with Crippen LogP contribution in [0.4, 0.5) is 18.0 Å². The number of rotatable bonds is 7. The summed E-state index contributed by atoms with van der Waals surface area (Å²) in [6.07, 6.45) is -5.09. The van der Waals surface area contributed by atoms with Crippen molar-refractivity contribution < 1.29 is 37.0 Å². The van der Waals surface area contributed by atoms with E-state index >= 15 is 0 Å². The summed E-state index contributed by atoms with van der Waals surface area (Å²) in [4.78, 5) is 40.4. The van der Waals surface area contributed by atoms with Gasteiger partial charge in [0.2, 0.25) is 5.91 Å². The molecule has 7 nitrogen and oxygen atoms in total. The fourth-order valence-corrected chi connectivity index (χ4v) is 4.42. The summed E-state index contributed by atoms with van der Waals surface area (Å²) in [6, 6.07) is 18.6. The van der Waals surface area contributed by atoms with Gasteiger partial charge in [-0.2, -0.15) is 13.2 Å². The Morgan fingerprint density at radius 3 is 2.21 bits per heavy atom. The van der Waals surface area contributed by atoms with E-state index < -0.39 is 41.8 Å². The largest absolute Gasteiger partial charge is 0.467 e. The molecule has 1 N–H and O–H groups in total. The Balaban J connectivity index is 1.52. The number of esters is 1. The second-order valence-electron chi connectivity index (χ2n) is 9.14. The number of methoxy groups -OCH3 is 1. The molecule has 204 valence electrons. The van der Waals surface area contributed by atoms with E-state index in [9.17, 15) is 27.6 Å². The quantitative estimate of drug-likeness (QED) is 0.441. The number of hydrogen-bond donors (Lipinski definition) is 1. The molecule has 10 heteroatoms. The first-order valence-electron chi connectivity index (χ1n) is 12.2. The molecule has 1 heterocycles. The molecule has 0 spiro atoms.